The van der Waals surface area contributed by atoms with E-state index in [9.17, 15) is 13.2 Å². The molecule has 2 N–H and O–H groups in total. The topological polar surface area (TPSA) is 35.2 Å². The van der Waals surface area contributed by atoms with Crippen molar-refractivity contribution in [1.82, 2.24) is 0 Å². The first-order valence-electron chi connectivity index (χ1n) is 4.87. The molecule has 0 spiro atoms. The maximum Gasteiger partial charge on any atom is 0.416 e. The van der Waals surface area contributed by atoms with Crippen molar-refractivity contribution in [3.8, 4) is 0 Å². The van der Waals surface area contributed by atoms with Crippen LogP contribution in [0.1, 0.15) is 23.6 Å². The quantitative estimate of drug-likeness (QED) is 0.867. The van der Waals surface area contributed by atoms with E-state index in [1.54, 1.807) is 6.07 Å². The minimum atomic E-state index is -4.32. The molecule has 0 amide bonds. The Bertz CT molecular complexity index is 338. The first-order valence-corrected chi connectivity index (χ1v) is 4.87. The van der Waals surface area contributed by atoms with E-state index in [0.717, 1.165) is 12.1 Å². The molecule has 0 radical (unpaired) electrons. The molecule has 5 heteroatoms. The Morgan fingerprint density at radius 1 is 1.38 bits per heavy atom. The molecule has 16 heavy (non-hydrogen) atoms. The Hall–Kier alpha value is -1.07. The normalized spacial score (nSPS) is 13.8. The summed E-state index contributed by atoms with van der Waals surface area (Å²) in [6.07, 6.45) is -3.82. The molecule has 0 aliphatic heterocycles. The summed E-state index contributed by atoms with van der Waals surface area (Å²) in [5.74, 6) is 0. The predicted octanol–water partition coefficient (Wildman–Crippen LogP) is 2.74. The van der Waals surface area contributed by atoms with Gasteiger partial charge in [0.1, 0.15) is 0 Å². The molecule has 0 fully saturated rings. The van der Waals surface area contributed by atoms with E-state index in [1.165, 1.54) is 13.2 Å². The zero-order valence-electron chi connectivity index (χ0n) is 8.92. The number of hydrogen-bond acceptors (Lipinski definition) is 2. The number of halogens is 3. The molecular weight excluding hydrogens is 219 g/mol. The van der Waals surface area contributed by atoms with E-state index in [-0.39, 0.29) is 0 Å². The van der Waals surface area contributed by atoms with Crippen LogP contribution in [0.15, 0.2) is 24.3 Å². The maximum atomic E-state index is 12.4. The van der Waals surface area contributed by atoms with E-state index >= 15 is 0 Å². The molecular formula is C11H14F3NO. The van der Waals surface area contributed by atoms with Gasteiger partial charge in [0.05, 0.1) is 5.56 Å². The zero-order chi connectivity index (χ0) is 12.2. The molecule has 0 heterocycles. The fourth-order valence-corrected chi connectivity index (χ4v) is 1.36. The van der Waals surface area contributed by atoms with Gasteiger partial charge in [0.25, 0.3) is 0 Å². The van der Waals surface area contributed by atoms with Crippen molar-refractivity contribution in [3.05, 3.63) is 35.4 Å². The Labute approximate surface area is 92.2 Å². The molecule has 0 saturated heterocycles. The minimum absolute atomic E-state index is 0.428. The predicted molar refractivity (Wildman–Crippen MR) is 54.9 cm³/mol. The fraction of sp³-hybridized carbons (Fsp3) is 0.455. The second-order valence-electron chi connectivity index (χ2n) is 3.51. The molecule has 1 aromatic rings. The number of rotatable bonds is 4. The highest BCUT2D eigenvalue weighted by atomic mass is 19.4. The molecule has 1 rings (SSSR count). The third-order valence-corrected chi connectivity index (χ3v) is 2.28. The first kappa shape index (κ1) is 13.0. The van der Waals surface area contributed by atoms with Crippen molar-refractivity contribution in [1.29, 1.82) is 0 Å². The van der Waals surface area contributed by atoms with Gasteiger partial charge < -0.3 is 10.5 Å². The van der Waals surface area contributed by atoms with Crippen LogP contribution in [-0.4, -0.2) is 13.7 Å². The molecule has 0 aliphatic rings. The van der Waals surface area contributed by atoms with Gasteiger partial charge in [-0.1, -0.05) is 12.1 Å². The molecule has 90 valence electrons. The number of methoxy groups -OCH3 is 1. The van der Waals surface area contributed by atoms with Crippen LogP contribution >= 0.6 is 0 Å². The van der Waals surface area contributed by atoms with E-state index in [0.29, 0.717) is 18.6 Å². The smallest absolute Gasteiger partial charge is 0.385 e. The van der Waals surface area contributed by atoms with E-state index < -0.39 is 17.8 Å². The summed E-state index contributed by atoms with van der Waals surface area (Å²) in [7, 11) is 1.53. The summed E-state index contributed by atoms with van der Waals surface area (Å²) in [4.78, 5) is 0. The Balaban J connectivity index is 2.82. The van der Waals surface area contributed by atoms with Crippen LogP contribution in [0.2, 0.25) is 0 Å². The Morgan fingerprint density at radius 2 is 2.06 bits per heavy atom. The third-order valence-electron chi connectivity index (χ3n) is 2.28. The molecule has 0 saturated carbocycles. The molecule has 0 aromatic heterocycles. The lowest BCUT2D eigenvalue weighted by molar-refractivity contribution is -0.137. The second-order valence-corrected chi connectivity index (χ2v) is 3.51. The van der Waals surface area contributed by atoms with Crippen LogP contribution in [0, 0.1) is 0 Å². The van der Waals surface area contributed by atoms with Crippen molar-refractivity contribution in [2.45, 2.75) is 18.6 Å². The number of ether oxygens (including phenoxy) is 1. The van der Waals surface area contributed by atoms with Crippen LogP contribution in [0.3, 0.4) is 0 Å². The molecule has 0 aliphatic carbocycles. The number of hydrogen-bond donors (Lipinski definition) is 1. The second kappa shape index (κ2) is 5.32. The van der Waals surface area contributed by atoms with E-state index in [4.69, 9.17) is 10.5 Å². The summed E-state index contributed by atoms with van der Waals surface area (Å²) in [6.45, 7) is 0.428. The van der Waals surface area contributed by atoms with Crippen LogP contribution in [-0.2, 0) is 10.9 Å². The number of benzene rings is 1. The molecule has 0 bridgehead atoms. The van der Waals surface area contributed by atoms with Gasteiger partial charge in [-0.25, -0.2) is 0 Å². The van der Waals surface area contributed by atoms with Gasteiger partial charge in [-0.3, -0.25) is 0 Å². The van der Waals surface area contributed by atoms with Crippen molar-refractivity contribution in [2.75, 3.05) is 13.7 Å². The van der Waals surface area contributed by atoms with E-state index in [2.05, 4.69) is 0 Å². The third kappa shape index (κ3) is 3.50. The first-order chi connectivity index (χ1) is 7.45. The average molecular weight is 233 g/mol. The van der Waals surface area contributed by atoms with Gasteiger partial charge in [0.2, 0.25) is 0 Å². The highest BCUT2D eigenvalue weighted by Gasteiger charge is 2.30. The van der Waals surface area contributed by atoms with Gasteiger partial charge in [-0.15, -0.1) is 0 Å². The standard InChI is InChI=1S/C11H14F3NO/c1-16-6-5-10(15)8-3-2-4-9(7-8)11(12,13)14/h2-4,7,10H,5-6,15H2,1H3. The Morgan fingerprint density at radius 3 is 2.62 bits per heavy atom. The molecule has 1 aromatic carbocycles. The molecule has 2 nitrogen and oxygen atoms in total. The summed E-state index contributed by atoms with van der Waals surface area (Å²) in [5.41, 5.74) is 5.56. The summed E-state index contributed by atoms with van der Waals surface area (Å²) < 4.78 is 42.1. The average Bonchev–Trinajstić information content (AvgIpc) is 2.25. The van der Waals surface area contributed by atoms with Crippen molar-refractivity contribution in [3.63, 3.8) is 0 Å². The van der Waals surface area contributed by atoms with Crippen LogP contribution in [0.5, 0.6) is 0 Å². The van der Waals surface area contributed by atoms with E-state index in [1.807, 2.05) is 0 Å². The SMILES string of the molecule is COCCC(N)c1cccc(C(F)(F)F)c1. The monoisotopic (exact) mass is 233 g/mol. The lowest BCUT2D eigenvalue weighted by Crippen LogP contribution is -2.14. The van der Waals surface area contributed by atoms with Crippen LogP contribution in [0.25, 0.3) is 0 Å². The van der Waals surface area contributed by atoms with Crippen LogP contribution in [0.4, 0.5) is 13.2 Å². The zero-order valence-corrected chi connectivity index (χ0v) is 8.92. The molecule has 1 unspecified atom stereocenters. The lowest BCUT2D eigenvalue weighted by Gasteiger charge is -2.14. The lowest BCUT2D eigenvalue weighted by atomic mass is 10.0. The number of nitrogens with two attached hydrogens (primary N) is 1. The largest absolute Gasteiger partial charge is 0.416 e. The van der Waals surface area contributed by atoms with Gasteiger partial charge >= 0.3 is 6.18 Å². The van der Waals surface area contributed by atoms with Gasteiger partial charge in [-0.2, -0.15) is 13.2 Å². The van der Waals surface area contributed by atoms with Gasteiger partial charge in [-0.05, 0) is 24.1 Å². The minimum Gasteiger partial charge on any atom is -0.385 e. The van der Waals surface area contributed by atoms with Gasteiger partial charge in [0.15, 0.2) is 0 Å². The summed E-state index contributed by atoms with van der Waals surface area (Å²) in [5, 5.41) is 0. The molecule has 1 atom stereocenters. The van der Waals surface area contributed by atoms with Gasteiger partial charge in [0, 0.05) is 19.8 Å². The summed E-state index contributed by atoms with van der Waals surface area (Å²) >= 11 is 0. The van der Waals surface area contributed by atoms with Crippen molar-refractivity contribution >= 4 is 0 Å². The highest BCUT2D eigenvalue weighted by Crippen LogP contribution is 2.30. The highest BCUT2D eigenvalue weighted by molar-refractivity contribution is 5.27. The fourth-order valence-electron chi connectivity index (χ4n) is 1.36. The Kier molecular flexibility index (Phi) is 4.32. The van der Waals surface area contributed by atoms with Crippen LogP contribution < -0.4 is 5.73 Å². The van der Waals surface area contributed by atoms with Crippen molar-refractivity contribution < 1.29 is 17.9 Å². The number of alkyl halides is 3. The van der Waals surface area contributed by atoms with Crippen molar-refractivity contribution in [2.24, 2.45) is 5.73 Å². The maximum absolute atomic E-state index is 12.4. The summed E-state index contributed by atoms with van der Waals surface area (Å²) in [6, 6.07) is 4.65.